The first-order valence-corrected chi connectivity index (χ1v) is 5.42. The second-order valence-electron chi connectivity index (χ2n) is 2.76. The van der Waals surface area contributed by atoms with Gasteiger partial charge in [-0.25, -0.2) is 0 Å². The van der Waals surface area contributed by atoms with Crippen LogP contribution in [0.15, 0.2) is 18.3 Å². The topological polar surface area (TPSA) is 70.1 Å². The minimum Gasteiger partial charge on any atom is -0.772 e. The Labute approximate surface area is 84.6 Å². The highest BCUT2D eigenvalue weighted by Crippen LogP contribution is 2.04. The highest BCUT2D eigenvalue weighted by atomic mass is 32.2. The van der Waals surface area contributed by atoms with Crippen molar-refractivity contribution in [2.75, 3.05) is 0 Å². The van der Waals surface area contributed by atoms with Gasteiger partial charge in [-0.2, -0.15) is 0 Å². The summed E-state index contributed by atoms with van der Waals surface area (Å²) in [7, 11) is 0. The Morgan fingerprint density at radius 2 is 2.29 bits per heavy atom. The smallest absolute Gasteiger partial charge is 0.164 e. The van der Waals surface area contributed by atoms with Crippen LogP contribution in [0.4, 0.5) is 0 Å². The molecule has 1 heterocycles. The Kier molecular flexibility index (Phi) is 3.91. The molecule has 0 aromatic carbocycles. The average Bonchev–Trinajstić information content (AvgIpc) is 2.17. The maximum Gasteiger partial charge on any atom is 0.164 e. The first kappa shape index (κ1) is 11.0. The molecule has 76 valence electrons. The van der Waals surface area contributed by atoms with E-state index < -0.39 is 11.1 Å². The minimum absolute atomic E-state index is 0.00676. The van der Waals surface area contributed by atoms with Gasteiger partial charge in [-0.15, -0.1) is 0 Å². The van der Waals surface area contributed by atoms with Crippen LogP contribution in [-0.2, 0) is 16.8 Å². The van der Waals surface area contributed by atoms with Crippen LogP contribution in [0, 0.1) is 0 Å². The maximum atomic E-state index is 11.2. The normalized spacial score (nSPS) is 12.4. The monoisotopic (exact) mass is 212 g/mol. The fourth-order valence-corrected chi connectivity index (χ4v) is 1.41. The molecule has 0 radical (unpaired) electrons. The highest BCUT2D eigenvalue weighted by Gasteiger charge is 2.03. The molecule has 0 saturated carbocycles. The third-order valence-electron chi connectivity index (χ3n) is 1.73. The molecular weight excluding hydrogens is 202 g/mol. The van der Waals surface area contributed by atoms with Crippen LogP contribution < -0.4 is 0 Å². The maximum absolute atomic E-state index is 11.2. The van der Waals surface area contributed by atoms with Gasteiger partial charge in [0.1, 0.15) is 0 Å². The molecule has 1 rings (SSSR count). The summed E-state index contributed by atoms with van der Waals surface area (Å²) in [6, 6.07) is 3.15. The predicted molar refractivity (Wildman–Crippen MR) is 51.5 cm³/mol. The molecular formula is C9H10NO3S-. The lowest BCUT2D eigenvalue weighted by atomic mass is 10.1. The zero-order chi connectivity index (χ0) is 10.6. The van der Waals surface area contributed by atoms with E-state index in [-0.39, 0.29) is 11.5 Å². The first-order chi connectivity index (χ1) is 6.63. The number of ketones is 1. The van der Waals surface area contributed by atoms with Gasteiger partial charge in [-0.05, 0) is 23.2 Å². The molecule has 1 aromatic rings. The third-order valence-corrected chi connectivity index (χ3v) is 2.27. The highest BCUT2D eigenvalue weighted by molar-refractivity contribution is 7.78. The van der Waals surface area contributed by atoms with Crippen LogP contribution in [0.3, 0.4) is 0 Å². The molecule has 1 atom stereocenters. The van der Waals surface area contributed by atoms with Gasteiger partial charge in [0, 0.05) is 18.2 Å². The Morgan fingerprint density at radius 1 is 1.57 bits per heavy atom. The summed E-state index contributed by atoms with van der Waals surface area (Å²) in [6.45, 7) is 1.77. The second-order valence-corrected chi connectivity index (χ2v) is 3.66. The number of carbonyl (C=O) groups excluding carboxylic acids is 1. The molecule has 1 aromatic heterocycles. The van der Waals surface area contributed by atoms with Crippen molar-refractivity contribution in [3.8, 4) is 0 Å². The lowest BCUT2D eigenvalue weighted by Crippen LogP contribution is -2.00. The van der Waals surface area contributed by atoms with Crippen molar-refractivity contribution < 1.29 is 13.6 Å². The van der Waals surface area contributed by atoms with Crippen molar-refractivity contribution in [3.05, 3.63) is 29.6 Å². The van der Waals surface area contributed by atoms with Gasteiger partial charge in [0.2, 0.25) is 0 Å². The van der Waals surface area contributed by atoms with Crippen LogP contribution in [0.1, 0.15) is 29.4 Å². The summed E-state index contributed by atoms with van der Waals surface area (Å²) >= 11 is -2.13. The van der Waals surface area contributed by atoms with Gasteiger partial charge in [-0.3, -0.25) is 14.0 Å². The quantitative estimate of drug-likeness (QED) is 0.552. The molecule has 0 bridgehead atoms. The lowest BCUT2D eigenvalue weighted by Gasteiger charge is -2.04. The summed E-state index contributed by atoms with van der Waals surface area (Å²) in [5.74, 6) is -0.104. The summed E-state index contributed by atoms with van der Waals surface area (Å²) in [4.78, 5) is 15.1. The fourth-order valence-electron chi connectivity index (χ4n) is 1.000. The molecule has 0 aliphatic heterocycles. The molecule has 0 spiro atoms. The van der Waals surface area contributed by atoms with Gasteiger partial charge < -0.3 is 4.55 Å². The Balaban J connectivity index is 2.78. The van der Waals surface area contributed by atoms with E-state index >= 15 is 0 Å². The Hall–Kier alpha value is -1.07. The van der Waals surface area contributed by atoms with Crippen molar-refractivity contribution in [2.24, 2.45) is 0 Å². The Bertz CT molecular complexity index is 348. The van der Waals surface area contributed by atoms with E-state index in [4.69, 9.17) is 0 Å². The molecule has 1 unspecified atom stereocenters. The number of pyridine rings is 1. The van der Waals surface area contributed by atoms with Crippen molar-refractivity contribution in [2.45, 2.75) is 19.1 Å². The number of hydrogen-bond donors (Lipinski definition) is 0. The first-order valence-electron chi connectivity index (χ1n) is 4.17. The summed E-state index contributed by atoms with van der Waals surface area (Å²) in [5.41, 5.74) is 0.971. The summed E-state index contributed by atoms with van der Waals surface area (Å²) in [6.07, 6.45) is 1.84. The molecule has 0 saturated heterocycles. The number of carbonyl (C=O) groups is 1. The van der Waals surface area contributed by atoms with Crippen LogP contribution in [-0.4, -0.2) is 19.5 Å². The summed E-state index contributed by atoms with van der Waals surface area (Å²) in [5, 5.41) is 0. The molecule has 0 fully saturated rings. The number of rotatable bonds is 4. The zero-order valence-electron chi connectivity index (χ0n) is 7.73. The van der Waals surface area contributed by atoms with E-state index in [9.17, 15) is 13.6 Å². The number of hydrogen-bond acceptors (Lipinski definition) is 4. The number of Topliss-reactive ketones (excluding diaryl/α,β-unsaturated/α-hetero) is 1. The largest absolute Gasteiger partial charge is 0.772 e. The van der Waals surface area contributed by atoms with Gasteiger partial charge >= 0.3 is 0 Å². The minimum atomic E-state index is -2.13. The predicted octanol–water partition coefficient (Wildman–Crippen LogP) is 1.05. The molecule has 0 aliphatic rings. The van der Waals surface area contributed by atoms with Crippen LogP contribution in [0.2, 0.25) is 0 Å². The lowest BCUT2D eigenvalue weighted by molar-refractivity contribution is 0.0988. The third kappa shape index (κ3) is 3.01. The van der Waals surface area contributed by atoms with E-state index in [0.717, 1.165) is 0 Å². The molecule has 4 nitrogen and oxygen atoms in total. The van der Waals surface area contributed by atoms with E-state index in [1.807, 2.05) is 0 Å². The Morgan fingerprint density at radius 3 is 2.71 bits per heavy atom. The number of nitrogens with zero attached hydrogens (tertiary/aromatic N) is 1. The van der Waals surface area contributed by atoms with Crippen LogP contribution in [0.25, 0.3) is 0 Å². The standard InChI is InChI=1S/C9H11NO3S/c1-2-9(11)7-3-4-8(10-5-7)6-14(12)13/h3-5H,2,6H2,1H3,(H,12,13)/p-1. The average molecular weight is 212 g/mol. The molecule has 14 heavy (non-hydrogen) atoms. The fraction of sp³-hybridized carbons (Fsp3) is 0.333. The van der Waals surface area contributed by atoms with Crippen molar-refractivity contribution in [1.82, 2.24) is 4.98 Å². The van der Waals surface area contributed by atoms with Crippen molar-refractivity contribution in [1.29, 1.82) is 0 Å². The second kappa shape index (κ2) is 4.97. The van der Waals surface area contributed by atoms with Gasteiger partial charge in [0.05, 0.1) is 11.4 Å². The number of aromatic nitrogens is 1. The SMILES string of the molecule is CCC(=O)c1ccc(CS(=O)[O-])nc1. The van der Waals surface area contributed by atoms with Crippen molar-refractivity contribution in [3.63, 3.8) is 0 Å². The molecule has 0 N–H and O–H groups in total. The zero-order valence-corrected chi connectivity index (χ0v) is 8.54. The molecule has 0 aliphatic carbocycles. The van der Waals surface area contributed by atoms with E-state index in [1.165, 1.54) is 6.20 Å². The van der Waals surface area contributed by atoms with Crippen molar-refractivity contribution >= 4 is 16.9 Å². The van der Waals surface area contributed by atoms with Gasteiger partial charge in [0.15, 0.2) is 5.78 Å². The van der Waals surface area contributed by atoms with Gasteiger partial charge in [0.25, 0.3) is 0 Å². The van der Waals surface area contributed by atoms with Crippen LogP contribution in [0.5, 0.6) is 0 Å². The molecule has 0 amide bonds. The van der Waals surface area contributed by atoms with Crippen LogP contribution >= 0.6 is 0 Å². The van der Waals surface area contributed by atoms with E-state index in [0.29, 0.717) is 17.7 Å². The summed E-state index contributed by atoms with van der Waals surface area (Å²) < 4.78 is 20.7. The van der Waals surface area contributed by atoms with E-state index in [2.05, 4.69) is 4.98 Å². The van der Waals surface area contributed by atoms with E-state index in [1.54, 1.807) is 19.1 Å². The molecule has 5 heteroatoms. The van der Waals surface area contributed by atoms with Gasteiger partial charge in [-0.1, -0.05) is 6.92 Å².